The van der Waals surface area contributed by atoms with Crippen LogP contribution in [0.5, 0.6) is 11.5 Å². The number of aliphatic hydroxyl groups is 4. The van der Waals surface area contributed by atoms with E-state index in [-0.39, 0.29) is 84.0 Å². The lowest BCUT2D eigenvalue weighted by Gasteiger charge is -2.67. The van der Waals surface area contributed by atoms with Crippen LogP contribution in [-0.2, 0) is 16.0 Å². The van der Waals surface area contributed by atoms with Crippen LogP contribution in [0.4, 0.5) is 0 Å². The maximum absolute atomic E-state index is 15.0. The van der Waals surface area contributed by atoms with Gasteiger partial charge >= 0.3 is 0 Å². The maximum atomic E-state index is 15.0. The van der Waals surface area contributed by atoms with Crippen molar-refractivity contribution in [1.82, 2.24) is 16.0 Å². The molecular formula is C59H74N4O8. The summed E-state index contributed by atoms with van der Waals surface area (Å²) in [5.41, 5.74) is 8.33. The Kier molecular flexibility index (Phi) is 13.4. The van der Waals surface area contributed by atoms with E-state index < -0.39 is 35.7 Å². The van der Waals surface area contributed by atoms with Gasteiger partial charge in [0.05, 0.1) is 37.3 Å². The molecule has 12 nitrogen and oxygen atoms in total. The zero-order chi connectivity index (χ0) is 49.3. The lowest BCUT2D eigenvalue weighted by Crippen LogP contribution is -2.70. The van der Waals surface area contributed by atoms with Crippen molar-refractivity contribution >= 4 is 22.3 Å². The van der Waals surface area contributed by atoms with Crippen LogP contribution in [0.15, 0.2) is 78.1 Å². The number of carbonyl (C=O) groups is 2. The van der Waals surface area contributed by atoms with Crippen LogP contribution in [0.2, 0.25) is 0 Å². The van der Waals surface area contributed by atoms with Crippen molar-refractivity contribution in [3.05, 3.63) is 94.8 Å². The van der Waals surface area contributed by atoms with Gasteiger partial charge in [0.1, 0.15) is 11.2 Å². The molecule has 5 saturated carbocycles. The summed E-state index contributed by atoms with van der Waals surface area (Å²) in [4.78, 5) is 27.9. The number of hydrogen-bond acceptors (Lipinski definition) is 12. The summed E-state index contributed by atoms with van der Waals surface area (Å²) in [6.07, 6.45) is 5.42. The molecular weight excluding hydrogens is 893 g/mol. The molecule has 1 saturated heterocycles. The van der Waals surface area contributed by atoms with E-state index in [9.17, 15) is 30.3 Å². The lowest BCUT2D eigenvalue weighted by atomic mass is 9.40. The molecule has 12 heteroatoms. The number of fused-ring (bicyclic) bond motifs is 6. The topological polar surface area (TPSA) is 207 Å². The number of piperidine rings is 1. The number of benzene rings is 3. The first-order chi connectivity index (χ1) is 34.4. The molecule has 0 amide bonds. The number of aliphatic hydroxyl groups excluding tert-OH is 4. The summed E-state index contributed by atoms with van der Waals surface area (Å²) in [6, 6.07) is 18.0. The van der Waals surface area contributed by atoms with Gasteiger partial charge in [-0.2, -0.15) is 0 Å². The van der Waals surface area contributed by atoms with Gasteiger partial charge in [0, 0.05) is 43.7 Å². The Bertz CT molecular complexity index is 2660. The molecule has 3 aromatic carbocycles. The third kappa shape index (κ3) is 8.60. The van der Waals surface area contributed by atoms with Gasteiger partial charge in [-0.1, -0.05) is 67.3 Å². The van der Waals surface area contributed by atoms with Crippen molar-refractivity contribution in [3.63, 3.8) is 0 Å². The monoisotopic (exact) mass is 967 g/mol. The third-order valence-electron chi connectivity index (χ3n) is 19.6. The molecule has 18 atom stereocenters. The van der Waals surface area contributed by atoms with E-state index in [0.29, 0.717) is 79.5 Å². The summed E-state index contributed by atoms with van der Waals surface area (Å²) >= 11 is 0. The third-order valence-corrected chi connectivity index (χ3v) is 19.6. The predicted molar refractivity (Wildman–Crippen MR) is 272 cm³/mol. The van der Waals surface area contributed by atoms with E-state index in [1.54, 1.807) is 12.1 Å². The summed E-state index contributed by atoms with van der Waals surface area (Å²) in [5, 5.41) is 73.6. The highest BCUT2D eigenvalue weighted by Crippen LogP contribution is 2.65. The van der Waals surface area contributed by atoms with Crippen LogP contribution < -0.4 is 26.4 Å². The number of nitrogens with one attached hydrogen (secondary N) is 3. The Balaban J connectivity index is 0.901. The van der Waals surface area contributed by atoms with Crippen molar-refractivity contribution in [2.24, 2.45) is 70.3 Å². The molecule has 378 valence electrons. The Labute approximate surface area is 418 Å². The first kappa shape index (κ1) is 48.5. The smallest absolute Gasteiger partial charge is 0.160 e. The molecule has 8 aliphatic rings. The van der Waals surface area contributed by atoms with E-state index in [1.165, 1.54) is 7.11 Å². The predicted octanol–water partition coefficient (Wildman–Crippen LogP) is 5.59. The van der Waals surface area contributed by atoms with Gasteiger partial charge in [0.15, 0.2) is 17.3 Å². The van der Waals surface area contributed by atoms with Gasteiger partial charge in [-0.05, 0) is 181 Å². The van der Waals surface area contributed by atoms with E-state index >= 15 is 4.79 Å². The van der Waals surface area contributed by atoms with Gasteiger partial charge in [0.25, 0.3) is 0 Å². The first-order valence-electron chi connectivity index (χ1n) is 26.9. The largest absolute Gasteiger partial charge is 0.504 e. The molecule has 3 aromatic rings. The van der Waals surface area contributed by atoms with Crippen molar-refractivity contribution in [3.8, 4) is 23.3 Å². The Hall–Kier alpha value is -4.74. The number of aryl methyl sites for hydroxylation is 1. The molecule has 0 unspecified atom stereocenters. The SMILES string of the molecule is CCNC[C@@H]1[C@@H]2[C@H]3CC[C@]4(C#C[C@H](C[C@H](O)[C@H](O)C[C@H](C5=CCNC(N)=C5)c5ccc6ccccc6c5)c5cc(O)c(OC)cc5CCC4=O)[C@H](O)[C@@H]3CC[C@H]2[C@@H]2CN[C@@H]3CC(=O)C[C@@H]4C[C@@H](O)[C@H]1[C@H]2[C@H]43. The molecule has 1 spiro atoms. The number of Topliss-reactive ketones (excluding diaryl/α,β-unsaturated/α-hetero) is 2. The fraction of sp³-hybridized carbons (Fsp3) is 0.593. The summed E-state index contributed by atoms with van der Waals surface area (Å²) < 4.78 is 5.56. The number of carbonyl (C=O) groups excluding carboxylic acids is 2. The second-order valence-electron chi connectivity index (χ2n) is 22.9. The number of dihydropyridines is 1. The quantitative estimate of drug-likeness (QED) is 0.108. The van der Waals surface area contributed by atoms with E-state index in [1.807, 2.05) is 18.2 Å². The molecule has 0 bridgehead atoms. The van der Waals surface area contributed by atoms with Crippen molar-refractivity contribution in [2.45, 2.75) is 120 Å². The zero-order valence-corrected chi connectivity index (χ0v) is 41.3. The van der Waals surface area contributed by atoms with Crippen molar-refractivity contribution < 1.29 is 39.9 Å². The summed E-state index contributed by atoms with van der Waals surface area (Å²) in [6.45, 7) is 5.15. The molecule has 0 radical (unpaired) electrons. The van der Waals surface area contributed by atoms with Gasteiger partial charge in [0.2, 0.25) is 0 Å². The zero-order valence-electron chi connectivity index (χ0n) is 41.3. The van der Waals surface area contributed by atoms with Crippen LogP contribution in [0.25, 0.3) is 10.8 Å². The molecule has 71 heavy (non-hydrogen) atoms. The number of ketones is 2. The number of nitrogens with two attached hydrogens (primary N) is 1. The highest BCUT2D eigenvalue weighted by molar-refractivity contribution is 5.89. The fourth-order valence-electron chi connectivity index (χ4n) is 16.6. The van der Waals surface area contributed by atoms with Gasteiger partial charge in [-0.3, -0.25) is 9.59 Å². The molecule has 6 aliphatic carbocycles. The van der Waals surface area contributed by atoms with Crippen LogP contribution >= 0.6 is 0 Å². The minimum absolute atomic E-state index is 0.0232. The number of rotatable bonds is 11. The number of aromatic hydroxyl groups is 1. The number of hydrogen-bond donors (Lipinski definition) is 9. The molecule has 0 aromatic heterocycles. The van der Waals surface area contributed by atoms with E-state index in [4.69, 9.17) is 10.5 Å². The Morgan fingerprint density at radius 1 is 0.915 bits per heavy atom. The summed E-state index contributed by atoms with van der Waals surface area (Å²) in [5.74, 6) is 9.27. The van der Waals surface area contributed by atoms with Crippen LogP contribution in [-0.4, -0.2) is 101 Å². The second-order valence-corrected chi connectivity index (χ2v) is 22.9. The van der Waals surface area contributed by atoms with Gasteiger partial charge < -0.3 is 52.0 Å². The molecule has 2 aliphatic heterocycles. The van der Waals surface area contributed by atoms with E-state index in [2.05, 4.69) is 71.1 Å². The number of phenols is 1. The molecule has 10 N–H and O–H groups in total. The standard InChI is InChI=1S/C59H74N4O8/c1-3-61-29-45-55-39(44-30-63-46-26-38(64)21-37-23-50(68)56(45)57(44)54(37)46)11-12-41-40(55)15-18-59(58(41)70)17-14-35(43-28-49(67)51(71-2)24-34(43)10-13-52(59)69)22-47(65)48(66)27-42(36-16-19-62-53(60)25-36)33-9-8-31-6-4-5-7-32(31)20-33/h4-9,16,20,24-25,28,35,37,39-42,44-48,50,54-58,61-63,65-68,70H,3,10-13,15,18-19,21-23,26-27,29-30,60H2,1-2H3/t35-,37-,39+,40+,41-,42+,44+,45-,46-,47+,48-,50-,54-,55+,56+,57-,58-,59+/m1/s1. The normalized spacial score (nSPS) is 37.4. The summed E-state index contributed by atoms with van der Waals surface area (Å²) in [7, 11) is 1.49. The highest BCUT2D eigenvalue weighted by atomic mass is 16.5. The van der Waals surface area contributed by atoms with Crippen LogP contribution in [0.3, 0.4) is 0 Å². The molecule has 2 heterocycles. The minimum Gasteiger partial charge on any atom is -0.504 e. The van der Waals surface area contributed by atoms with Crippen molar-refractivity contribution in [1.29, 1.82) is 0 Å². The number of phenolic OH excluding ortho intramolecular Hbond substituents is 1. The number of ether oxygens (including phenoxy) is 1. The minimum atomic E-state index is -1.33. The van der Waals surface area contributed by atoms with Gasteiger partial charge in [-0.15, -0.1) is 0 Å². The molecule has 11 rings (SSSR count). The lowest BCUT2D eigenvalue weighted by molar-refractivity contribution is -0.205. The molecule has 6 fully saturated rings. The maximum Gasteiger partial charge on any atom is 0.160 e. The van der Waals surface area contributed by atoms with Crippen LogP contribution in [0, 0.1) is 76.4 Å². The fourth-order valence-corrected chi connectivity index (χ4v) is 16.6. The number of allylic oxidation sites excluding steroid dienone is 2. The first-order valence-corrected chi connectivity index (χ1v) is 26.9. The average molecular weight is 967 g/mol. The Morgan fingerprint density at radius 2 is 1.72 bits per heavy atom. The highest BCUT2D eigenvalue weighted by Gasteiger charge is 2.66. The van der Waals surface area contributed by atoms with E-state index in [0.717, 1.165) is 66.4 Å². The number of methoxy groups -OCH3 is 1. The second kappa shape index (κ2) is 19.6. The Morgan fingerprint density at radius 3 is 2.52 bits per heavy atom. The average Bonchev–Trinajstić information content (AvgIpc) is 3.41. The van der Waals surface area contributed by atoms with Crippen molar-refractivity contribution in [2.75, 3.05) is 33.3 Å². The van der Waals surface area contributed by atoms with Gasteiger partial charge in [-0.25, -0.2) is 0 Å². The van der Waals surface area contributed by atoms with Crippen LogP contribution in [0.1, 0.15) is 99.7 Å².